The largest absolute Gasteiger partial charge is 0.467 e. The molecule has 2 heterocycles. The van der Waals surface area contributed by atoms with E-state index in [2.05, 4.69) is 5.10 Å². The predicted molar refractivity (Wildman–Crippen MR) is 94.7 cm³/mol. The van der Waals surface area contributed by atoms with E-state index in [0.29, 0.717) is 12.2 Å². The minimum absolute atomic E-state index is 0.125. The molecule has 3 aromatic rings. The topological polar surface area (TPSA) is 51.3 Å². The quantitative estimate of drug-likeness (QED) is 0.718. The summed E-state index contributed by atoms with van der Waals surface area (Å²) in [6.45, 7) is 0.393. The zero-order valence-corrected chi connectivity index (χ0v) is 14.6. The molecular formula is C20H20FN3O2. The maximum absolute atomic E-state index is 13.3. The summed E-state index contributed by atoms with van der Waals surface area (Å²) >= 11 is 0. The first-order valence-electron chi connectivity index (χ1n) is 8.78. The Bertz CT molecular complexity index is 913. The van der Waals surface area contributed by atoms with E-state index < -0.39 is 0 Å². The lowest BCUT2D eigenvalue weighted by Gasteiger charge is -2.17. The van der Waals surface area contributed by atoms with Gasteiger partial charge in [0.1, 0.15) is 11.6 Å². The zero-order valence-electron chi connectivity index (χ0n) is 14.6. The summed E-state index contributed by atoms with van der Waals surface area (Å²) < 4.78 is 20.4. The third-order valence-electron chi connectivity index (χ3n) is 4.77. The van der Waals surface area contributed by atoms with Gasteiger partial charge in [0.15, 0.2) is 5.69 Å². The first kappa shape index (κ1) is 16.6. The highest BCUT2D eigenvalue weighted by atomic mass is 19.1. The molecule has 134 valence electrons. The van der Waals surface area contributed by atoms with Crippen LogP contribution < -0.4 is 0 Å². The maximum Gasteiger partial charge on any atom is 0.274 e. The van der Waals surface area contributed by atoms with E-state index in [1.54, 1.807) is 41.1 Å². The average Bonchev–Trinajstić information content (AvgIpc) is 3.29. The Kier molecular flexibility index (Phi) is 4.32. The molecule has 1 aliphatic rings. The van der Waals surface area contributed by atoms with Gasteiger partial charge in [-0.05, 0) is 62.1 Å². The number of hydrogen-bond donors (Lipinski definition) is 0. The van der Waals surface area contributed by atoms with E-state index in [9.17, 15) is 9.18 Å². The van der Waals surface area contributed by atoms with Crippen molar-refractivity contribution in [3.05, 3.63) is 71.2 Å². The van der Waals surface area contributed by atoms with Gasteiger partial charge in [0.2, 0.25) is 0 Å². The number of halogens is 1. The lowest BCUT2D eigenvalue weighted by atomic mass is 9.95. The zero-order chi connectivity index (χ0) is 18.1. The standard InChI is InChI=1S/C20H20FN3O2/c1-23(13-16-5-4-12-26-16)20(25)19-17-6-2-3-7-18(17)24(22-19)15-10-8-14(21)9-11-15/h4-5,8-12H,2-3,6-7,13H2,1H3. The number of nitrogens with zero attached hydrogens (tertiary/aromatic N) is 3. The SMILES string of the molecule is CN(Cc1ccco1)C(=O)c1nn(-c2ccc(F)cc2)c2c1CCCC2. The van der Waals surface area contributed by atoms with Gasteiger partial charge >= 0.3 is 0 Å². The highest BCUT2D eigenvalue weighted by Gasteiger charge is 2.27. The lowest BCUT2D eigenvalue weighted by Crippen LogP contribution is -2.27. The monoisotopic (exact) mass is 353 g/mol. The summed E-state index contributed by atoms with van der Waals surface area (Å²) in [5, 5.41) is 4.61. The highest BCUT2D eigenvalue weighted by Crippen LogP contribution is 2.28. The summed E-state index contributed by atoms with van der Waals surface area (Å²) in [5.41, 5.74) is 3.32. The normalized spacial score (nSPS) is 13.5. The van der Waals surface area contributed by atoms with Crippen LogP contribution in [0.25, 0.3) is 5.69 Å². The number of carbonyl (C=O) groups excluding carboxylic acids is 1. The van der Waals surface area contributed by atoms with Crippen LogP contribution in [-0.2, 0) is 19.4 Å². The molecule has 2 aromatic heterocycles. The van der Waals surface area contributed by atoms with E-state index in [-0.39, 0.29) is 11.7 Å². The minimum Gasteiger partial charge on any atom is -0.467 e. The Balaban J connectivity index is 1.69. The second kappa shape index (κ2) is 6.78. The molecule has 0 saturated carbocycles. The van der Waals surface area contributed by atoms with Gasteiger partial charge in [-0.25, -0.2) is 9.07 Å². The number of benzene rings is 1. The van der Waals surface area contributed by atoms with Gasteiger partial charge in [0.05, 0.1) is 18.5 Å². The van der Waals surface area contributed by atoms with Gasteiger partial charge in [-0.1, -0.05) is 0 Å². The Hall–Kier alpha value is -2.89. The molecule has 0 unspecified atom stereocenters. The van der Waals surface area contributed by atoms with Crippen LogP contribution in [0, 0.1) is 5.82 Å². The average molecular weight is 353 g/mol. The molecule has 0 bridgehead atoms. The van der Waals surface area contributed by atoms with Crippen molar-refractivity contribution in [2.75, 3.05) is 7.05 Å². The molecular weight excluding hydrogens is 333 g/mol. The number of hydrogen-bond acceptors (Lipinski definition) is 3. The van der Waals surface area contributed by atoms with Gasteiger partial charge < -0.3 is 9.32 Å². The van der Waals surface area contributed by atoms with Crippen LogP contribution in [0.15, 0.2) is 47.1 Å². The maximum atomic E-state index is 13.3. The number of rotatable bonds is 4. The summed E-state index contributed by atoms with van der Waals surface area (Å²) in [6.07, 6.45) is 5.42. The molecule has 6 heteroatoms. The lowest BCUT2D eigenvalue weighted by molar-refractivity contribution is 0.0768. The van der Waals surface area contributed by atoms with Crippen molar-refractivity contribution < 1.29 is 13.6 Å². The summed E-state index contributed by atoms with van der Waals surface area (Å²) in [7, 11) is 1.75. The van der Waals surface area contributed by atoms with E-state index in [0.717, 1.165) is 48.4 Å². The Labute approximate surface area is 151 Å². The van der Waals surface area contributed by atoms with Crippen LogP contribution in [0.4, 0.5) is 4.39 Å². The van der Waals surface area contributed by atoms with Crippen LogP contribution in [0.5, 0.6) is 0 Å². The molecule has 0 aliphatic heterocycles. The molecule has 0 radical (unpaired) electrons. The molecule has 26 heavy (non-hydrogen) atoms. The van der Waals surface area contributed by atoms with Crippen LogP contribution in [-0.4, -0.2) is 27.6 Å². The minimum atomic E-state index is -0.288. The molecule has 1 aromatic carbocycles. The van der Waals surface area contributed by atoms with Crippen molar-refractivity contribution in [1.29, 1.82) is 0 Å². The Morgan fingerprint density at radius 2 is 2.00 bits per heavy atom. The first-order chi connectivity index (χ1) is 12.6. The molecule has 1 amide bonds. The van der Waals surface area contributed by atoms with E-state index >= 15 is 0 Å². The van der Waals surface area contributed by atoms with Crippen molar-refractivity contribution in [3.8, 4) is 5.69 Å². The smallest absolute Gasteiger partial charge is 0.274 e. The number of amides is 1. The second-order valence-electron chi connectivity index (χ2n) is 6.61. The number of aromatic nitrogens is 2. The van der Waals surface area contributed by atoms with Crippen molar-refractivity contribution in [2.24, 2.45) is 0 Å². The van der Waals surface area contributed by atoms with Crippen LogP contribution in [0.3, 0.4) is 0 Å². The van der Waals surface area contributed by atoms with Crippen molar-refractivity contribution in [1.82, 2.24) is 14.7 Å². The Morgan fingerprint density at radius 1 is 1.23 bits per heavy atom. The fraction of sp³-hybridized carbons (Fsp3) is 0.300. The third-order valence-corrected chi connectivity index (χ3v) is 4.77. The molecule has 0 atom stereocenters. The number of fused-ring (bicyclic) bond motifs is 1. The first-order valence-corrected chi connectivity index (χ1v) is 8.78. The van der Waals surface area contributed by atoms with E-state index in [1.165, 1.54) is 12.1 Å². The van der Waals surface area contributed by atoms with Crippen molar-refractivity contribution in [2.45, 2.75) is 32.2 Å². The molecule has 0 saturated heterocycles. The molecule has 0 spiro atoms. The van der Waals surface area contributed by atoms with Crippen molar-refractivity contribution >= 4 is 5.91 Å². The second-order valence-corrected chi connectivity index (χ2v) is 6.61. The molecule has 0 N–H and O–H groups in total. The molecule has 4 rings (SSSR count). The fourth-order valence-electron chi connectivity index (χ4n) is 3.46. The van der Waals surface area contributed by atoms with Gasteiger partial charge in [-0.2, -0.15) is 5.10 Å². The number of carbonyl (C=O) groups is 1. The van der Waals surface area contributed by atoms with Crippen LogP contribution in [0.2, 0.25) is 0 Å². The van der Waals surface area contributed by atoms with Crippen molar-refractivity contribution in [3.63, 3.8) is 0 Å². The van der Waals surface area contributed by atoms with Gasteiger partial charge in [0, 0.05) is 18.3 Å². The fourth-order valence-corrected chi connectivity index (χ4v) is 3.46. The highest BCUT2D eigenvalue weighted by molar-refractivity contribution is 5.94. The number of furan rings is 1. The van der Waals surface area contributed by atoms with Gasteiger partial charge in [0.25, 0.3) is 5.91 Å². The van der Waals surface area contributed by atoms with Crippen LogP contribution >= 0.6 is 0 Å². The van der Waals surface area contributed by atoms with E-state index in [4.69, 9.17) is 4.42 Å². The van der Waals surface area contributed by atoms with Gasteiger partial charge in [-0.15, -0.1) is 0 Å². The molecule has 0 fully saturated rings. The van der Waals surface area contributed by atoms with Crippen LogP contribution in [0.1, 0.15) is 40.3 Å². The molecule has 1 aliphatic carbocycles. The van der Waals surface area contributed by atoms with Gasteiger partial charge in [-0.3, -0.25) is 4.79 Å². The predicted octanol–water partition coefficient (Wildman–Crippen LogP) is 3.76. The third kappa shape index (κ3) is 3.03. The summed E-state index contributed by atoms with van der Waals surface area (Å²) in [5.74, 6) is 0.317. The van der Waals surface area contributed by atoms with E-state index in [1.807, 2.05) is 6.07 Å². The summed E-state index contributed by atoms with van der Waals surface area (Å²) in [6, 6.07) is 9.86. The Morgan fingerprint density at radius 3 is 2.73 bits per heavy atom. The molecule has 5 nitrogen and oxygen atoms in total. The summed E-state index contributed by atoms with van der Waals surface area (Å²) in [4.78, 5) is 14.6.